The summed E-state index contributed by atoms with van der Waals surface area (Å²) in [6, 6.07) is 7.72. The number of benzene rings is 1. The fourth-order valence-corrected chi connectivity index (χ4v) is 2.27. The molecule has 1 aromatic rings. The summed E-state index contributed by atoms with van der Waals surface area (Å²) in [6.07, 6.45) is 0. The average Bonchev–Trinajstić information content (AvgIpc) is 2.29. The Hall–Kier alpha value is -1.10. The van der Waals surface area contributed by atoms with Crippen LogP contribution in [0.15, 0.2) is 24.3 Å². The summed E-state index contributed by atoms with van der Waals surface area (Å²) in [5.74, 6) is 0. The highest BCUT2D eigenvalue weighted by molar-refractivity contribution is 5.41. The van der Waals surface area contributed by atoms with Gasteiger partial charge in [0.15, 0.2) is 0 Å². The summed E-state index contributed by atoms with van der Waals surface area (Å²) in [7, 11) is 2.07. The molecule has 0 saturated carbocycles. The van der Waals surface area contributed by atoms with E-state index in [0.29, 0.717) is 0 Å². The predicted octanol–water partition coefficient (Wildman–Crippen LogP) is -0.00860. The van der Waals surface area contributed by atoms with Crippen LogP contribution in [0.3, 0.4) is 0 Å². The van der Waals surface area contributed by atoms with Crippen molar-refractivity contribution in [3.05, 3.63) is 29.8 Å². The van der Waals surface area contributed by atoms with E-state index in [-0.39, 0.29) is 12.1 Å². The van der Waals surface area contributed by atoms with Gasteiger partial charge in [0.05, 0.1) is 12.1 Å². The summed E-state index contributed by atoms with van der Waals surface area (Å²) in [5, 5.41) is 13.1. The topological polar surface area (TPSA) is 61.5 Å². The quantitative estimate of drug-likeness (QED) is 0.615. The number of nitrogen functional groups attached to an aromatic ring is 1. The molecule has 1 aliphatic rings. The number of hydrogen-bond donors (Lipinski definition) is 3. The van der Waals surface area contributed by atoms with Gasteiger partial charge in [-0.3, -0.25) is 0 Å². The van der Waals surface area contributed by atoms with Gasteiger partial charge in [-0.15, -0.1) is 0 Å². The predicted molar refractivity (Wildman–Crippen MR) is 65.1 cm³/mol. The van der Waals surface area contributed by atoms with Crippen LogP contribution in [0.4, 0.5) is 5.69 Å². The Morgan fingerprint density at radius 1 is 1.44 bits per heavy atom. The van der Waals surface area contributed by atoms with Gasteiger partial charge in [0.2, 0.25) is 0 Å². The number of nitrogens with zero attached hydrogens (tertiary/aromatic N) is 1. The lowest BCUT2D eigenvalue weighted by Crippen LogP contribution is -2.59. The third-order valence-corrected chi connectivity index (χ3v) is 3.23. The van der Waals surface area contributed by atoms with E-state index in [0.717, 1.165) is 30.9 Å². The van der Waals surface area contributed by atoms with Crippen LogP contribution in [0, 0.1) is 0 Å². The molecule has 1 fully saturated rings. The lowest BCUT2D eigenvalue weighted by molar-refractivity contribution is 0.0878. The van der Waals surface area contributed by atoms with Gasteiger partial charge < -0.3 is 21.1 Å². The molecule has 0 aromatic heterocycles. The van der Waals surface area contributed by atoms with Crippen LogP contribution in [0.25, 0.3) is 0 Å². The van der Waals surface area contributed by atoms with Crippen molar-refractivity contribution >= 4 is 5.69 Å². The number of piperazine rings is 1. The van der Waals surface area contributed by atoms with Gasteiger partial charge in [0.25, 0.3) is 0 Å². The highest BCUT2D eigenvalue weighted by Crippen LogP contribution is 2.24. The van der Waals surface area contributed by atoms with Crippen LogP contribution >= 0.6 is 0 Å². The lowest BCUT2D eigenvalue weighted by Gasteiger charge is -2.41. The van der Waals surface area contributed by atoms with Gasteiger partial charge in [0.1, 0.15) is 0 Å². The van der Waals surface area contributed by atoms with Crippen molar-refractivity contribution in [3.8, 4) is 0 Å². The number of likely N-dealkylation sites (N-methyl/N-ethyl adjacent to an activating group) is 1. The van der Waals surface area contributed by atoms with Crippen molar-refractivity contribution in [3.63, 3.8) is 0 Å². The first kappa shape index (κ1) is 11.4. The summed E-state index contributed by atoms with van der Waals surface area (Å²) in [4.78, 5) is 2.23. The molecule has 1 aliphatic heterocycles. The summed E-state index contributed by atoms with van der Waals surface area (Å²) in [5.41, 5.74) is 7.17. The molecule has 4 N–H and O–H groups in total. The van der Waals surface area contributed by atoms with Crippen molar-refractivity contribution in [1.82, 2.24) is 10.2 Å². The summed E-state index contributed by atoms with van der Waals surface area (Å²) in [6.45, 7) is 2.81. The van der Waals surface area contributed by atoms with Gasteiger partial charge in [-0.25, -0.2) is 0 Å². The Labute approximate surface area is 96.1 Å². The van der Waals surface area contributed by atoms with Crippen molar-refractivity contribution in [1.29, 1.82) is 0 Å². The Morgan fingerprint density at radius 3 is 2.69 bits per heavy atom. The number of anilines is 1. The molecule has 0 amide bonds. The van der Waals surface area contributed by atoms with Crippen LogP contribution < -0.4 is 11.1 Å². The maximum atomic E-state index is 9.66. The Balaban J connectivity index is 2.29. The second-order valence-corrected chi connectivity index (χ2v) is 4.53. The zero-order valence-corrected chi connectivity index (χ0v) is 9.61. The monoisotopic (exact) mass is 221 g/mol. The first-order valence-electron chi connectivity index (χ1n) is 5.57. The molecule has 88 valence electrons. The molecule has 1 aromatic carbocycles. The van der Waals surface area contributed by atoms with Crippen LogP contribution in [0.2, 0.25) is 0 Å². The van der Waals surface area contributed by atoms with E-state index in [1.165, 1.54) is 0 Å². The van der Waals surface area contributed by atoms with Crippen molar-refractivity contribution < 1.29 is 5.11 Å². The molecule has 1 saturated heterocycles. The highest BCUT2D eigenvalue weighted by Gasteiger charge is 2.34. The maximum Gasteiger partial charge on any atom is 0.0798 e. The molecule has 0 aliphatic carbocycles. The van der Waals surface area contributed by atoms with E-state index in [4.69, 9.17) is 5.73 Å². The van der Waals surface area contributed by atoms with Gasteiger partial charge in [-0.1, -0.05) is 12.1 Å². The van der Waals surface area contributed by atoms with Gasteiger partial charge in [-0.05, 0) is 24.7 Å². The molecular weight excluding hydrogens is 202 g/mol. The summed E-state index contributed by atoms with van der Waals surface area (Å²) >= 11 is 0. The normalized spacial score (nSPS) is 26.9. The lowest BCUT2D eigenvalue weighted by atomic mass is 9.88. The van der Waals surface area contributed by atoms with Crippen LogP contribution in [0.5, 0.6) is 0 Å². The van der Waals surface area contributed by atoms with E-state index in [9.17, 15) is 5.11 Å². The number of hydrogen-bond acceptors (Lipinski definition) is 4. The number of aliphatic hydroxyl groups is 1. The van der Waals surface area contributed by atoms with E-state index in [2.05, 4.69) is 17.3 Å². The number of nitrogens with two attached hydrogens (primary N) is 1. The number of aliphatic hydroxyl groups excluding tert-OH is 1. The van der Waals surface area contributed by atoms with Gasteiger partial charge in [0, 0.05) is 25.3 Å². The van der Waals surface area contributed by atoms with Crippen LogP contribution in [-0.4, -0.2) is 43.3 Å². The summed E-state index contributed by atoms with van der Waals surface area (Å²) < 4.78 is 0. The minimum Gasteiger partial charge on any atom is -0.399 e. The second-order valence-electron chi connectivity index (χ2n) is 4.53. The third kappa shape index (κ3) is 2.04. The Kier molecular flexibility index (Phi) is 3.14. The highest BCUT2D eigenvalue weighted by atomic mass is 16.3. The molecule has 4 nitrogen and oxygen atoms in total. The molecule has 16 heavy (non-hydrogen) atoms. The Bertz CT molecular complexity index is 352. The smallest absolute Gasteiger partial charge is 0.0798 e. The van der Waals surface area contributed by atoms with Crippen molar-refractivity contribution in [2.45, 2.75) is 5.54 Å². The molecule has 2 rings (SSSR count). The van der Waals surface area contributed by atoms with Crippen LogP contribution in [0.1, 0.15) is 5.56 Å². The largest absolute Gasteiger partial charge is 0.399 e. The maximum absolute atomic E-state index is 9.66. The molecule has 1 heterocycles. The first-order valence-corrected chi connectivity index (χ1v) is 5.57. The van der Waals surface area contributed by atoms with Crippen LogP contribution in [-0.2, 0) is 5.54 Å². The molecule has 0 radical (unpaired) electrons. The molecular formula is C12H19N3O. The first-order chi connectivity index (χ1) is 7.66. The fraction of sp³-hybridized carbons (Fsp3) is 0.500. The minimum atomic E-state index is -0.347. The van der Waals surface area contributed by atoms with Gasteiger partial charge in [-0.2, -0.15) is 0 Å². The zero-order chi connectivity index (χ0) is 11.6. The van der Waals surface area contributed by atoms with E-state index in [1.54, 1.807) is 0 Å². The van der Waals surface area contributed by atoms with E-state index in [1.807, 2.05) is 24.3 Å². The molecule has 4 heteroatoms. The van der Waals surface area contributed by atoms with Crippen molar-refractivity contribution in [2.75, 3.05) is 39.0 Å². The van der Waals surface area contributed by atoms with E-state index < -0.39 is 0 Å². The van der Waals surface area contributed by atoms with Gasteiger partial charge >= 0.3 is 0 Å². The second kappa shape index (κ2) is 4.41. The Morgan fingerprint density at radius 2 is 2.12 bits per heavy atom. The molecule has 0 unspecified atom stereocenters. The fourth-order valence-electron chi connectivity index (χ4n) is 2.27. The van der Waals surface area contributed by atoms with Crippen molar-refractivity contribution in [2.24, 2.45) is 0 Å². The SMILES string of the molecule is CN1CCN[C@](CO)(c2ccc(N)cc2)C1. The zero-order valence-electron chi connectivity index (χ0n) is 9.61. The third-order valence-electron chi connectivity index (χ3n) is 3.23. The molecule has 0 spiro atoms. The average molecular weight is 221 g/mol. The van der Waals surface area contributed by atoms with E-state index >= 15 is 0 Å². The molecule has 1 atom stereocenters. The molecule has 0 bridgehead atoms. The minimum absolute atomic E-state index is 0.0985. The number of rotatable bonds is 2. The standard InChI is InChI=1S/C12H19N3O/c1-15-7-6-14-12(8-15,9-16)10-2-4-11(13)5-3-10/h2-5,14,16H,6-9,13H2,1H3/t12-/m1/s1. The number of nitrogens with one attached hydrogen (secondary N) is 1.